The number of pyridine rings is 1. The van der Waals surface area contributed by atoms with Gasteiger partial charge in [0.15, 0.2) is 11.6 Å². The van der Waals surface area contributed by atoms with Gasteiger partial charge in [-0.25, -0.2) is 4.39 Å². The summed E-state index contributed by atoms with van der Waals surface area (Å²) in [6.07, 6.45) is 9.59. The van der Waals surface area contributed by atoms with E-state index in [1.54, 1.807) is 12.4 Å². The SMILES string of the molecule is CCC(N)C1(CC)CCC(Oc2c(F)cc3cnccc3c2C)CC1. The topological polar surface area (TPSA) is 48.1 Å². The Balaban J connectivity index is 1.77. The lowest BCUT2D eigenvalue weighted by molar-refractivity contribution is 0.0545. The van der Waals surface area contributed by atoms with Gasteiger partial charge in [-0.05, 0) is 68.4 Å². The minimum absolute atomic E-state index is 0.0659. The minimum atomic E-state index is -0.296. The van der Waals surface area contributed by atoms with E-state index in [4.69, 9.17) is 10.5 Å². The zero-order chi connectivity index (χ0) is 18.0. The molecule has 0 saturated heterocycles. The highest BCUT2D eigenvalue weighted by Crippen LogP contribution is 2.44. The summed E-state index contributed by atoms with van der Waals surface area (Å²) < 4.78 is 20.7. The number of benzene rings is 1. The largest absolute Gasteiger partial charge is 0.487 e. The molecule has 0 aliphatic heterocycles. The number of ether oxygens (including phenoxy) is 1. The lowest BCUT2D eigenvalue weighted by atomic mass is 9.66. The van der Waals surface area contributed by atoms with Crippen molar-refractivity contribution in [2.24, 2.45) is 11.1 Å². The summed E-state index contributed by atoms with van der Waals surface area (Å²) in [5.41, 5.74) is 7.47. The maximum Gasteiger partial charge on any atom is 0.166 e. The zero-order valence-corrected chi connectivity index (χ0v) is 15.5. The first-order valence-corrected chi connectivity index (χ1v) is 9.45. The fourth-order valence-corrected chi connectivity index (χ4v) is 4.38. The number of hydrogen-bond acceptors (Lipinski definition) is 3. The second kappa shape index (κ2) is 7.28. The van der Waals surface area contributed by atoms with Crippen LogP contribution in [-0.2, 0) is 0 Å². The molecule has 0 bridgehead atoms. The van der Waals surface area contributed by atoms with E-state index in [0.29, 0.717) is 5.75 Å². The van der Waals surface area contributed by atoms with Gasteiger partial charge in [-0.3, -0.25) is 4.98 Å². The summed E-state index contributed by atoms with van der Waals surface area (Å²) in [5, 5.41) is 1.81. The van der Waals surface area contributed by atoms with Crippen LogP contribution >= 0.6 is 0 Å². The average molecular weight is 344 g/mol. The van der Waals surface area contributed by atoms with Crippen molar-refractivity contribution in [3.05, 3.63) is 35.9 Å². The second-order valence-electron chi connectivity index (χ2n) is 7.46. The normalized spacial score (nSPS) is 25.1. The lowest BCUT2D eigenvalue weighted by Crippen LogP contribution is -2.45. The summed E-state index contributed by atoms with van der Waals surface area (Å²) in [7, 11) is 0. The molecule has 3 rings (SSSR count). The van der Waals surface area contributed by atoms with Gasteiger partial charge in [0.2, 0.25) is 0 Å². The Morgan fingerprint density at radius 3 is 2.72 bits per heavy atom. The Bertz CT molecular complexity index is 738. The number of halogens is 1. The average Bonchev–Trinajstić information content (AvgIpc) is 2.65. The van der Waals surface area contributed by atoms with Crippen LogP contribution in [-0.4, -0.2) is 17.1 Å². The highest BCUT2D eigenvalue weighted by molar-refractivity contribution is 5.86. The van der Waals surface area contributed by atoms with Gasteiger partial charge in [0.1, 0.15) is 0 Å². The molecular formula is C21H29FN2O. The van der Waals surface area contributed by atoms with Gasteiger partial charge in [0.05, 0.1) is 6.10 Å². The molecule has 0 amide bonds. The summed E-state index contributed by atoms with van der Waals surface area (Å²) in [6.45, 7) is 6.32. The molecule has 0 radical (unpaired) electrons. The number of aryl methyl sites for hydroxylation is 1. The number of nitrogens with two attached hydrogens (primary N) is 1. The van der Waals surface area contributed by atoms with Crippen molar-refractivity contribution >= 4 is 10.8 Å². The molecule has 1 fully saturated rings. The van der Waals surface area contributed by atoms with Crippen molar-refractivity contribution < 1.29 is 9.13 Å². The molecule has 2 aromatic rings. The Hall–Kier alpha value is -1.68. The molecule has 1 aliphatic carbocycles. The Morgan fingerprint density at radius 2 is 2.08 bits per heavy atom. The first kappa shape index (κ1) is 18.1. The van der Waals surface area contributed by atoms with Gasteiger partial charge in [-0.15, -0.1) is 0 Å². The Kier molecular flexibility index (Phi) is 5.28. The van der Waals surface area contributed by atoms with Gasteiger partial charge in [-0.2, -0.15) is 0 Å². The molecule has 2 N–H and O–H groups in total. The van der Waals surface area contributed by atoms with Crippen LogP contribution < -0.4 is 10.5 Å². The predicted octanol–water partition coefficient (Wildman–Crippen LogP) is 5.14. The molecule has 0 spiro atoms. The molecule has 3 nitrogen and oxygen atoms in total. The smallest absolute Gasteiger partial charge is 0.166 e. The highest BCUT2D eigenvalue weighted by atomic mass is 19.1. The maximum absolute atomic E-state index is 14.6. The van der Waals surface area contributed by atoms with Crippen LogP contribution in [0.4, 0.5) is 4.39 Å². The van der Waals surface area contributed by atoms with Crippen LogP contribution in [0, 0.1) is 18.2 Å². The van der Waals surface area contributed by atoms with Crippen LogP contribution in [0.5, 0.6) is 5.75 Å². The van der Waals surface area contributed by atoms with Crippen LogP contribution in [0.25, 0.3) is 10.8 Å². The lowest BCUT2D eigenvalue weighted by Gasteiger charge is -2.43. The van der Waals surface area contributed by atoms with E-state index in [-0.39, 0.29) is 23.4 Å². The Labute approximate surface area is 149 Å². The summed E-state index contributed by atoms with van der Waals surface area (Å²) >= 11 is 0. The zero-order valence-electron chi connectivity index (χ0n) is 15.5. The van der Waals surface area contributed by atoms with Crippen LogP contribution in [0.2, 0.25) is 0 Å². The summed E-state index contributed by atoms with van der Waals surface area (Å²) in [4.78, 5) is 4.07. The highest BCUT2D eigenvalue weighted by Gasteiger charge is 2.38. The van der Waals surface area contributed by atoms with Crippen molar-refractivity contribution in [3.63, 3.8) is 0 Å². The van der Waals surface area contributed by atoms with Crippen molar-refractivity contribution in [1.29, 1.82) is 0 Å². The van der Waals surface area contributed by atoms with E-state index in [1.807, 2.05) is 13.0 Å². The number of aromatic nitrogens is 1. The fraction of sp³-hybridized carbons (Fsp3) is 0.571. The number of fused-ring (bicyclic) bond motifs is 1. The van der Waals surface area contributed by atoms with E-state index in [0.717, 1.165) is 54.9 Å². The first-order chi connectivity index (χ1) is 12.0. The third-order valence-electron chi connectivity index (χ3n) is 6.24. The van der Waals surface area contributed by atoms with Crippen molar-refractivity contribution in [2.75, 3.05) is 0 Å². The van der Waals surface area contributed by atoms with Crippen molar-refractivity contribution in [1.82, 2.24) is 4.98 Å². The standard InChI is InChI=1S/C21H29FN2O/c1-4-19(23)21(5-2)9-6-16(7-10-21)25-20-14(3)17-8-11-24-13-15(17)12-18(20)22/h8,11-13,16,19H,4-7,9-10,23H2,1-3H3. The van der Waals surface area contributed by atoms with E-state index >= 15 is 0 Å². The van der Waals surface area contributed by atoms with Gasteiger partial charge in [0.25, 0.3) is 0 Å². The van der Waals surface area contributed by atoms with E-state index in [1.165, 1.54) is 6.07 Å². The molecule has 1 unspecified atom stereocenters. The maximum atomic E-state index is 14.6. The summed E-state index contributed by atoms with van der Waals surface area (Å²) in [5.74, 6) is 0.100. The number of rotatable bonds is 5. The van der Waals surface area contributed by atoms with Crippen LogP contribution in [0.3, 0.4) is 0 Å². The van der Waals surface area contributed by atoms with E-state index in [9.17, 15) is 4.39 Å². The van der Waals surface area contributed by atoms with Gasteiger partial charge in [-0.1, -0.05) is 13.8 Å². The molecule has 25 heavy (non-hydrogen) atoms. The van der Waals surface area contributed by atoms with E-state index < -0.39 is 0 Å². The van der Waals surface area contributed by atoms with Gasteiger partial charge >= 0.3 is 0 Å². The molecule has 1 saturated carbocycles. The van der Waals surface area contributed by atoms with E-state index in [2.05, 4.69) is 18.8 Å². The van der Waals surface area contributed by atoms with Gasteiger partial charge in [0, 0.05) is 29.4 Å². The summed E-state index contributed by atoms with van der Waals surface area (Å²) in [6, 6.07) is 3.68. The van der Waals surface area contributed by atoms with Crippen molar-refractivity contribution in [2.45, 2.75) is 71.4 Å². The predicted molar refractivity (Wildman–Crippen MR) is 100 cm³/mol. The molecule has 1 aromatic carbocycles. The molecule has 1 aliphatic rings. The number of hydrogen-bond donors (Lipinski definition) is 1. The van der Waals surface area contributed by atoms with Crippen LogP contribution in [0.15, 0.2) is 24.5 Å². The molecule has 136 valence electrons. The molecule has 1 heterocycles. The molecule has 4 heteroatoms. The monoisotopic (exact) mass is 344 g/mol. The third kappa shape index (κ3) is 3.37. The fourth-order valence-electron chi connectivity index (χ4n) is 4.38. The third-order valence-corrected chi connectivity index (χ3v) is 6.24. The van der Waals surface area contributed by atoms with Crippen LogP contribution in [0.1, 0.15) is 57.9 Å². The minimum Gasteiger partial charge on any atom is -0.487 e. The molecule has 1 atom stereocenters. The number of nitrogens with zero attached hydrogens (tertiary/aromatic N) is 1. The van der Waals surface area contributed by atoms with Crippen molar-refractivity contribution in [3.8, 4) is 5.75 Å². The Morgan fingerprint density at radius 1 is 1.36 bits per heavy atom. The first-order valence-electron chi connectivity index (χ1n) is 9.45. The molecular weight excluding hydrogens is 315 g/mol. The second-order valence-corrected chi connectivity index (χ2v) is 7.46. The van der Waals surface area contributed by atoms with Gasteiger partial charge < -0.3 is 10.5 Å². The molecule has 1 aromatic heterocycles. The quantitative estimate of drug-likeness (QED) is 0.817.